The predicted molar refractivity (Wildman–Crippen MR) is 67.5 cm³/mol. The zero-order valence-corrected chi connectivity index (χ0v) is 10.6. The smallest absolute Gasteiger partial charge is 0.0640 e. The Morgan fingerprint density at radius 1 is 1.53 bits per heavy atom. The lowest BCUT2D eigenvalue weighted by Crippen LogP contribution is -2.20. The SMILES string of the molecule is CC1CCC(CNCc2cnn(CCO)c2)C1. The van der Waals surface area contributed by atoms with E-state index in [0.29, 0.717) is 6.54 Å². The Balaban J connectivity index is 1.67. The summed E-state index contributed by atoms with van der Waals surface area (Å²) in [6, 6.07) is 0. The van der Waals surface area contributed by atoms with Crippen molar-refractivity contribution in [3.63, 3.8) is 0 Å². The Morgan fingerprint density at radius 2 is 2.41 bits per heavy atom. The number of aliphatic hydroxyl groups is 1. The number of rotatable bonds is 6. The van der Waals surface area contributed by atoms with E-state index in [-0.39, 0.29) is 6.61 Å². The quantitative estimate of drug-likeness (QED) is 0.786. The molecule has 0 spiro atoms. The van der Waals surface area contributed by atoms with Crippen LogP contribution in [-0.4, -0.2) is 28.0 Å². The lowest BCUT2D eigenvalue weighted by atomic mass is 10.1. The van der Waals surface area contributed by atoms with Crippen LogP contribution in [0.3, 0.4) is 0 Å². The molecule has 4 heteroatoms. The maximum absolute atomic E-state index is 8.80. The first-order valence-corrected chi connectivity index (χ1v) is 6.61. The molecule has 2 atom stereocenters. The third-order valence-electron chi connectivity index (χ3n) is 3.58. The average Bonchev–Trinajstić information content (AvgIpc) is 2.89. The van der Waals surface area contributed by atoms with Crippen LogP contribution in [0.5, 0.6) is 0 Å². The van der Waals surface area contributed by atoms with Gasteiger partial charge in [-0.15, -0.1) is 0 Å². The van der Waals surface area contributed by atoms with Crippen molar-refractivity contribution in [1.29, 1.82) is 0 Å². The van der Waals surface area contributed by atoms with Crippen LogP contribution in [0.25, 0.3) is 0 Å². The van der Waals surface area contributed by atoms with Crippen molar-refractivity contribution in [2.75, 3.05) is 13.2 Å². The van der Waals surface area contributed by atoms with Gasteiger partial charge in [-0.05, 0) is 31.2 Å². The highest BCUT2D eigenvalue weighted by atomic mass is 16.3. The van der Waals surface area contributed by atoms with E-state index >= 15 is 0 Å². The summed E-state index contributed by atoms with van der Waals surface area (Å²) in [6.45, 7) is 5.08. The van der Waals surface area contributed by atoms with E-state index in [4.69, 9.17) is 5.11 Å². The lowest BCUT2D eigenvalue weighted by Gasteiger charge is -2.10. The molecule has 0 aromatic carbocycles. The maximum Gasteiger partial charge on any atom is 0.0640 e. The van der Waals surface area contributed by atoms with Crippen LogP contribution >= 0.6 is 0 Å². The van der Waals surface area contributed by atoms with E-state index in [9.17, 15) is 0 Å². The molecule has 0 saturated heterocycles. The number of hydrogen-bond acceptors (Lipinski definition) is 3. The van der Waals surface area contributed by atoms with Gasteiger partial charge in [0.2, 0.25) is 0 Å². The molecular formula is C13H23N3O. The molecule has 4 nitrogen and oxygen atoms in total. The van der Waals surface area contributed by atoms with E-state index < -0.39 is 0 Å². The van der Waals surface area contributed by atoms with Gasteiger partial charge in [0.05, 0.1) is 19.3 Å². The lowest BCUT2D eigenvalue weighted by molar-refractivity contribution is 0.269. The van der Waals surface area contributed by atoms with Gasteiger partial charge in [0.1, 0.15) is 0 Å². The summed E-state index contributed by atoms with van der Waals surface area (Å²) in [5.74, 6) is 1.77. The monoisotopic (exact) mass is 237 g/mol. The number of aromatic nitrogens is 2. The van der Waals surface area contributed by atoms with Gasteiger partial charge >= 0.3 is 0 Å². The molecule has 17 heavy (non-hydrogen) atoms. The Morgan fingerprint density at radius 3 is 3.12 bits per heavy atom. The van der Waals surface area contributed by atoms with Gasteiger partial charge in [-0.1, -0.05) is 13.3 Å². The molecule has 2 unspecified atom stereocenters. The Hall–Kier alpha value is -0.870. The van der Waals surface area contributed by atoms with Crippen LogP contribution in [0.1, 0.15) is 31.7 Å². The average molecular weight is 237 g/mol. The first kappa shape index (κ1) is 12.6. The summed E-state index contributed by atoms with van der Waals surface area (Å²) in [7, 11) is 0. The van der Waals surface area contributed by atoms with Crippen molar-refractivity contribution in [2.45, 2.75) is 39.3 Å². The molecule has 1 saturated carbocycles. The molecule has 1 aliphatic rings. The van der Waals surface area contributed by atoms with Gasteiger partial charge in [-0.3, -0.25) is 4.68 Å². The summed E-state index contributed by atoms with van der Waals surface area (Å²) >= 11 is 0. The Kier molecular flexibility index (Phi) is 4.57. The van der Waals surface area contributed by atoms with E-state index in [1.165, 1.54) is 24.8 Å². The van der Waals surface area contributed by atoms with Gasteiger partial charge in [-0.2, -0.15) is 5.10 Å². The topological polar surface area (TPSA) is 50.1 Å². The fraction of sp³-hybridized carbons (Fsp3) is 0.769. The highest BCUT2D eigenvalue weighted by molar-refractivity contribution is 5.03. The van der Waals surface area contributed by atoms with Crippen molar-refractivity contribution in [1.82, 2.24) is 15.1 Å². The Bertz CT molecular complexity index is 337. The molecule has 1 aliphatic carbocycles. The predicted octanol–water partition coefficient (Wildman–Crippen LogP) is 1.40. The molecule has 0 radical (unpaired) electrons. The molecular weight excluding hydrogens is 214 g/mol. The molecule has 1 aromatic heterocycles. The molecule has 1 fully saturated rings. The molecule has 0 bridgehead atoms. The van der Waals surface area contributed by atoms with Crippen molar-refractivity contribution < 1.29 is 5.11 Å². The van der Waals surface area contributed by atoms with Crippen LogP contribution in [0.2, 0.25) is 0 Å². The minimum Gasteiger partial charge on any atom is -0.394 e. The number of nitrogens with zero attached hydrogens (tertiary/aromatic N) is 2. The fourth-order valence-corrected chi connectivity index (χ4v) is 2.65. The second-order valence-electron chi connectivity index (χ2n) is 5.25. The molecule has 96 valence electrons. The zero-order chi connectivity index (χ0) is 12.1. The van der Waals surface area contributed by atoms with Crippen LogP contribution < -0.4 is 5.32 Å². The molecule has 1 aromatic rings. The normalized spacial score (nSPS) is 24.4. The molecule has 2 N–H and O–H groups in total. The van der Waals surface area contributed by atoms with Crippen molar-refractivity contribution in [3.8, 4) is 0 Å². The van der Waals surface area contributed by atoms with Gasteiger partial charge in [0, 0.05) is 18.3 Å². The van der Waals surface area contributed by atoms with Crippen molar-refractivity contribution in [3.05, 3.63) is 18.0 Å². The summed E-state index contributed by atoms with van der Waals surface area (Å²) in [5, 5.41) is 16.5. The van der Waals surface area contributed by atoms with Gasteiger partial charge < -0.3 is 10.4 Å². The Labute approximate surface area is 103 Å². The zero-order valence-electron chi connectivity index (χ0n) is 10.6. The third kappa shape index (κ3) is 3.82. The first-order chi connectivity index (χ1) is 8.28. The van der Waals surface area contributed by atoms with E-state index in [0.717, 1.165) is 24.9 Å². The first-order valence-electron chi connectivity index (χ1n) is 6.61. The van der Waals surface area contributed by atoms with Gasteiger partial charge in [0.25, 0.3) is 0 Å². The molecule has 0 amide bonds. The van der Waals surface area contributed by atoms with Crippen molar-refractivity contribution in [2.24, 2.45) is 11.8 Å². The summed E-state index contributed by atoms with van der Waals surface area (Å²) in [6.07, 6.45) is 8.01. The minimum atomic E-state index is 0.147. The second kappa shape index (κ2) is 6.17. The summed E-state index contributed by atoms with van der Waals surface area (Å²) in [5.41, 5.74) is 1.20. The third-order valence-corrected chi connectivity index (χ3v) is 3.58. The highest BCUT2D eigenvalue weighted by Gasteiger charge is 2.20. The van der Waals surface area contributed by atoms with Gasteiger partial charge in [-0.25, -0.2) is 0 Å². The summed E-state index contributed by atoms with van der Waals surface area (Å²) < 4.78 is 1.79. The van der Waals surface area contributed by atoms with Crippen LogP contribution in [0, 0.1) is 11.8 Å². The van der Waals surface area contributed by atoms with Crippen LogP contribution in [0.15, 0.2) is 12.4 Å². The van der Waals surface area contributed by atoms with E-state index in [1.54, 1.807) is 4.68 Å². The second-order valence-corrected chi connectivity index (χ2v) is 5.25. The number of hydrogen-bond donors (Lipinski definition) is 2. The van der Waals surface area contributed by atoms with Crippen LogP contribution in [-0.2, 0) is 13.1 Å². The van der Waals surface area contributed by atoms with E-state index in [2.05, 4.69) is 17.3 Å². The number of aliphatic hydroxyl groups excluding tert-OH is 1. The van der Waals surface area contributed by atoms with Gasteiger partial charge in [0.15, 0.2) is 0 Å². The highest BCUT2D eigenvalue weighted by Crippen LogP contribution is 2.29. The van der Waals surface area contributed by atoms with Crippen LogP contribution in [0.4, 0.5) is 0 Å². The maximum atomic E-state index is 8.80. The largest absolute Gasteiger partial charge is 0.394 e. The van der Waals surface area contributed by atoms with Crippen molar-refractivity contribution >= 4 is 0 Å². The summed E-state index contributed by atoms with van der Waals surface area (Å²) in [4.78, 5) is 0. The molecule has 2 rings (SSSR count). The standard InChI is InChI=1S/C13H23N3O/c1-11-2-3-12(6-11)7-14-8-13-9-15-16(10-13)4-5-17/h9-12,14,17H,2-8H2,1H3. The van der Waals surface area contributed by atoms with E-state index in [1.807, 2.05) is 12.4 Å². The minimum absolute atomic E-state index is 0.147. The fourth-order valence-electron chi connectivity index (χ4n) is 2.65. The molecule has 1 heterocycles. The number of nitrogens with one attached hydrogen (secondary N) is 1. The molecule has 0 aliphatic heterocycles.